The van der Waals surface area contributed by atoms with Gasteiger partial charge in [0.15, 0.2) is 5.78 Å². The fourth-order valence-electron chi connectivity index (χ4n) is 1.27. The van der Waals surface area contributed by atoms with Crippen molar-refractivity contribution in [2.75, 3.05) is 0 Å². The smallest absolute Gasteiger partial charge is 0.264 e. The van der Waals surface area contributed by atoms with Crippen LogP contribution in [-0.4, -0.2) is 20.1 Å². The molecule has 0 bridgehead atoms. The Balaban J connectivity index is 2.63. The maximum Gasteiger partial charge on any atom is 0.264 e. The van der Waals surface area contributed by atoms with Gasteiger partial charge in [0.2, 0.25) is 0 Å². The van der Waals surface area contributed by atoms with Crippen LogP contribution < -0.4 is 4.72 Å². The summed E-state index contributed by atoms with van der Waals surface area (Å²) in [5, 5.41) is 0. The lowest BCUT2D eigenvalue weighted by Crippen LogP contribution is -2.23. The number of nitrogens with one attached hydrogen (secondary N) is 1. The molecule has 1 heterocycles. The Kier molecular flexibility index (Phi) is 1.44. The Labute approximate surface area is 74.2 Å². The summed E-state index contributed by atoms with van der Waals surface area (Å²) in [6.45, 7) is 0. The number of sulfonamides is 1. The first kappa shape index (κ1) is 8.18. The summed E-state index contributed by atoms with van der Waals surface area (Å²) in [6.07, 6.45) is 2.20. The van der Waals surface area contributed by atoms with E-state index in [1.165, 1.54) is 0 Å². The maximum atomic E-state index is 11.2. The minimum atomic E-state index is -3.68. The van der Waals surface area contributed by atoms with Gasteiger partial charge in [0.05, 0.1) is 4.91 Å². The molecular formula is C7H5NO4S. The molecule has 6 heteroatoms. The van der Waals surface area contributed by atoms with Gasteiger partial charge in [0, 0.05) is 12.0 Å². The molecule has 0 atom stereocenters. The normalized spacial score (nSPS) is 24.6. The van der Waals surface area contributed by atoms with Gasteiger partial charge < -0.3 is 0 Å². The lowest BCUT2D eigenvalue weighted by molar-refractivity contribution is -0.118. The van der Waals surface area contributed by atoms with Crippen molar-refractivity contribution in [3.05, 3.63) is 22.6 Å². The number of rotatable bonds is 0. The summed E-state index contributed by atoms with van der Waals surface area (Å²) in [7, 11) is -3.68. The predicted octanol–water partition coefficient (Wildman–Crippen LogP) is -0.771. The minimum absolute atomic E-state index is 0.0486. The summed E-state index contributed by atoms with van der Waals surface area (Å²) in [6, 6.07) is 0. The third kappa shape index (κ3) is 1.10. The SMILES string of the molecule is O=C1C=CC2=C(C1)C(=O)NS2(=O)=O. The largest absolute Gasteiger partial charge is 0.294 e. The van der Waals surface area contributed by atoms with Gasteiger partial charge in [0.25, 0.3) is 15.9 Å². The van der Waals surface area contributed by atoms with E-state index >= 15 is 0 Å². The van der Waals surface area contributed by atoms with Crippen molar-refractivity contribution in [1.82, 2.24) is 4.72 Å². The van der Waals surface area contributed by atoms with Crippen molar-refractivity contribution in [2.45, 2.75) is 6.42 Å². The van der Waals surface area contributed by atoms with Crippen LogP contribution in [0.4, 0.5) is 0 Å². The quantitative estimate of drug-likeness (QED) is 0.555. The van der Waals surface area contributed by atoms with Crippen LogP contribution >= 0.6 is 0 Å². The number of carbonyl (C=O) groups excluding carboxylic acids is 2. The highest BCUT2D eigenvalue weighted by atomic mass is 32.2. The Morgan fingerprint density at radius 3 is 2.62 bits per heavy atom. The summed E-state index contributed by atoms with van der Waals surface area (Å²) >= 11 is 0. The van der Waals surface area contributed by atoms with Crippen LogP contribution in [0.2, 0.25) is 0 Å². The number of ketones is 1. The van der Waals surface area contributed by atoms with E-state index in [1.54, 1.807) is 0 Å². The first-order valence-corrected chi connectivity index (χ1v) is 5.00. The van der Waals surface area contributed by atoms with E-state index in [1.807, 2.05) is 4.72 Å². The molecule has 68 valence electrons. The summed E-state index contributed by atoms with van der Waals surface area (Å²) < 4.78 is 24.1. The second-order valence-electron chi connectivity index (χ2n) is 2.75. The van der Waals surface area contributed by atoms with Gasteiger partial charge >= 0.3 is 0 Å². The topological polar surface area (TPSA) is 80.3 Å². The predicted molar refractivity (Wildman–Crippen MR) is 42.9 cm³/mol. The van der Waals surface area contributed by atoms with Crippen LogP contribution in [0.5, 0.6) is 0 Å². The highest BCUT2D eigenvalue weighted by molar-refractivity contribution is 7.94. The molecule has 13 heavy (non-hydrogen) atoms. The van der Waals surface area contributed by atoms with Gasteiger partial charge in [0.1, 0.15) is 0 Å². The van der Waals surface area contributed by atoms with Crippen molar-refractivity contribution < 1.29 is 18.0 Å². The van der Waals surface area contributed by atoms with Crippen LogP contribution in [0.15, 0.2) is 22.6 Å². The van der Waals surface area contributed by atoms with Gasteiger partial charge in [-0.15, -0.1) is 0 Å². The fourth-order valence-corrected chi connectivity index (χ4v) is 2.49. The van der Waals surface area contributed by atoms with Gasteiger partial charge in [-0.1, -0.05) is 0 Å². The molecule has 0 radical (unpaired) electrons. The Hall–Kier alpha value is -1.43. The molecule has 0 fully saturated rings. The van der Waals surface area contributed by atoms with Gasteiger partial charge in [-0.3, -0.25) is 9.59 Å². The Bertz CT molecular complexity index is 469. The summed E-state index contributed by atoms with van der Waals surface area (Å²) in [4.78, 5) is 21.8. The number of hydrogen-bond donors (Lipinski definition) is 1. The summed E-state index contributed by atoms with van der Waals surface area (Å²) in [5.74, 6) is -0.946. The van der Waals surface area contributed by atoms with Crippen molar-refractivity contribution in [2.24, 2.45) is 0 Å². The molecule has 0 saturated heterocycles. The van der Waals surface area contributed by atoms with Crippen molar-refractivity contribution in [1.29, 1.82) is 0 Å². The molecule has 2 aliphatic rings. The standard InChI is InChI=1S/C7H5NO4S/c9-4-1-2-6-5(3-4)7(10)8-13(6,11)12/h1-2H,3H2,(H,8,10). The highest BCUT2D eigenvalue weighted by Gasteiger charge is 2.36. The molecule has 0 aromatic carbocycles. The number of amides is 1. The molecule has 0 spiro atoms. The van der Waals surface area contributed by atoms with Crippen molar-refractivity contribution >= 4 is 21.7 Å². The second kappa shape index (κ2) is 2.29. The minimum Gasteiger partial charge on any atom is -0.294 e. The molecule has 0 aromatic rings. The van der Waals surface area contributed by atoms with E-state index in [0.717, 1.165) is 12.2 Å². The van der Waals surface area contributed by atoms with E-state index in [0.29, 0.717) is 0 Å². The van der Waals surface area contributed by atoms with E-state index in [4.69, 9.17) is 0 Å². The van der Waals surface area contributed by atoms with Gasteiger partial charge in [-0.2, -0.15) is 0 Å². The molecule has 0 unspecified atom stereocenters. The zero-order valence-electron chi connectivity index (χ0n) is 6.40. The fraction of sp³-hybridized carbons (Fsp3) is 0.143. The molecule has 1 aliphatic carbocycles. The first-order valence-electron chi connectivity index (χ1n) is 3.52. The first-order chi connectivity index (χ1) is 6.00. The number of carbonyl (C=O) groups is 2. The average Bonchev–Trinajstić information content (AvgIpc) is 2.22. The molecule has 0 aromatic heterocycles. The maximum absolute atomic E-state index is 11.2. The van der Waals surface area contributed by atoms with Gasteiger partial charge in [-0.05, 0) is 12.2 Å². The molecule has 2 rings (SSSR count). The van der Waals surface area contributed by atoms with Crippen LogP contribution in [0.1, 0.15) is 6.42 Å². The lowest BCUT2D eigenvalue weighted by atomic mass is 10.0. The lowest BCUT2D eigenvalue weighted by Gasteiger charge is -2.01. The zero-order valence-corrected chi connectivity index (χ0v) is 7.22. The van der Waals surface area contributed by atoms with Crippen LogP contribution in [0.25, 0.3) is 0 Å². The third-order valence-electron chi connectivity index (χ3n) is 1.86. The van der Waals surface area contributed by atoms with Crippen molar-refractivity contribution in [3.8, 4) is 0 Å². The van der Waals surface area contributed by atoms with E-state index < -0.39 is 15.9 Å². The Morgan fingerprint density at radius 1 is 1.23 bits per heavy atom. The monoisotopic (exact) mass is 199 g/mol. The zero-order chi connectivity index (χ0) is 9.64. The number of hydrogen-bond acceptors (Lipinski definition) is 4. The molecule has 0 saturated carbocycles. The van der Waals surface area contributed by atoms with E-state index in [2.05, 4.69) is 0 Å². The third-order valence-corrected chi connectivity index (χ3v) is 3.28. The molecule has 5 nitrogen and oxygen atoms in total. The Morgan fingerprint density at radius 2 is 1.92 bits per heavy atom. The molecule has 1 N–H and O–H groups in total. The molecule has 1 aliphatic heterocycles. The van der Waals surface area contributed by atoms with E-state index in [9.17, 15) is 18.0 Å². The number of allylic oxidation sites excluding steroid dienone is 2. The molecule has 1 amide bonds. The van der Waals surface area contributed by atoms with Crippen LogP contribution in [0.3, 0.4) is 0 Å². The highest BCUT2D eigenvalue weighted by Crippen LogP contribution is 2.26. The van der Waals surface area contributed by atoms with Crippen molar-refractivity contribution in [3.63, 3.8) is 0 Å². The van der Waals surface area contributed by atoms with E-state index in [-0.39, 0.29) is 22.7 Å². The molecular weight excluding hydrogens is 194 g/mol. The van der Waals surface area contributed by atoms with Gasteiger partial charge in [-0.25, -0.2) is 13.1 Å². The average molecular weight is 199 g/mol. The van der Waals surface area contributed by atoms with Crippen LogP contribution in [0, 0.1) is 0 Å². The van der Waals surface area contributed by atoms with Crippen LogP contribution in [-0.2, 0) is 19.6 Å². The summed E-state index contributed by atoms with van der Waals surface area (Å²) in [5.41, 5.74) is 0.0486. The second-order valence-corrected chi connectivity index (χ2v) is 4.40.